The molecule has 0 aliphatic carbocycles. The number of nitrogens with zero attached hydrogens (tertiary/aromatic N) is 4. The standard InChI is InChI=1S/C21H23N5O2/c1-12(2)14-5-7-15(8-6-14)16-11-18(27)22-21-20(16)13(3)25-26(21)17-9-10-19(28-4)24-23-17/h5-10,12,16H,11H2,1-4H3,(H,22,27)/t16-/m0/s1. The Bertz CT molecular complexity index is 1010. The number of fused-ring (bicyclic) bond motifs is 1. The average molecular weight is 377 g/mol. The van der Waals surface area contributed by atoms with Gasteiger partial charge in [-0.25, -0.2) is 0 Å². The van der Waals surface area contributed by atoms with Gasteiger partial charge in [-0.1, -0.05) is 38.1 Å². The van der Waals surface area contributed by atoms with Gasteiger partial charge in [-0.05, 0) is 30.0 Å². The number of hydrogen-bond acceptors (Lipinski definition) is 5. The second-order valence-corrected chi connectivity index (χ2v) is 7.32. The molecule has 0 bridgehead atoms. The fraction of sp³-hybridized carbons (Fsp3) is 0.333. The van der Waals surface area contributed by atoms with Gasteiger partial charge in [0.05, 0.1) is 12.8 Å². The number of hydrogen-bond donors (Lipinski definition) is 1. The topological polar surface area (TPSA) is 81.9 Å². The summed E-state index contributed by atoms with van der Waals surface area (Å²) in [7, 11) is 1.54. The zero-order chi connectivity index (χ0) is 19.8. The van der Waals surface area contributed by atoms with E-state index in [9.17, 15) is 4.79 Å². The molecule has 0 saturated carbocycles. The Kier molecular flexibility index (Phi) is 4.58. The van der Waals surface area contributed by atoms with Gasteiger partial charge >= 0.3 is 0 Å². The van der Waals surface area contributed by atoms with Gasteiger partial charge in [0.15, 0.2) is 5.82 Å². The number of aryl methyl sites for hydroxylation is 1. The van der Waals surface area contributed by atoms with Crippen molar-refractivity contribution in [2.75, 3.05) is 12.4 Å². The van der Waals surface area contributed by atoms with E-state index in [0.29, 0.717) is 29.9 Å². The van der Waals surface area contributed by atoms with Gasteiger partial charge in [0.1, 0.15) is 5.82 Å². The van der Waals surface area contributed by atoms with Crippen LogP contribution < -0.4 is 10.1 Å². The Morgan fingerprint density at radius 2 is 1.89 bits per heavy atom. The van der Waals surface area contributed by atoms with Crippen LogP contribution in [0.25, 0.3) is 5.82 Å². The van der Waals surface area contributed by atoms with Crippen LogP contribution in [-0.4, -0.2) is 33.0 Å². The number of benzene rings is 1. The van der Waals surface area contributed by atoms with Crippen molar-refractivity contribution in [1.82, 2.24) is 20.0 Å². The van der Waals surface area contributed by atoms with Crippen molar-refractivity contribution in [1.29, 1.82) is 0 Å². The van der Waals surface area contributed by atoms with E-state index in [0.717, 1.165) is 16.8 Å². The molecule has 2 aromatic heterocycles. The molecule has 0 radical (unpaired) electrons. The van der Waals surface area contributed by atoms with E-state index >= 15 is 0 Å². The van der Waals surface area contributed by atoms with E-state index in [2.05, 4.69) is 58.7 Å². The molecule has 3 heterocycles. The van der Waals surface area contributed by atoms with Crippen molar-refractivity contribution in [3.63, 3.8) is 0 Å². The van der Waals surface area contributed by atoms with Crippen molar-refractivity contribution < 1.29 is 9.53 Å². The molecule has 1 aliphatic rings. The van der Waals surface area contributed by atoms with Gasteiger partial charge in [-0.15, -0.1) is 10.2 Å². The molecule has 28 heavy (non-hydrogen) atoms. The molecule has 144 valence electrons. The molecule has 4 rings (SSSR count). The van der Waals surface area contributed by atoms with Gasteiger partial charge in [0.2, 0.25) is 11.8 Å². The molecule has 1 atom stereocenters. The third-order valence-electron chi connectivity index (χ3n) is 5.16. The highest BCUT2D eigenvalue weighted by Crippen LogP contribution is 2.40. The van der Waals surface area contributed by atoms with E-state index in [1.165, 1.54) is 5.56 Å². The Balaban J connectivity index is 1.78. The number of nitrogens with one attached hydrogen (secondary N) is 1. The first-order valence-corrected chi connectivity index (χ1v) is 9.35. The van der Waals surface area contributed by atoms with Crippen LogP contribution in [0.2, 0.25) is 0 Å². The minimum Gasteiger partial charge on any atom is -0.480 e. The summed E-state index contributed by atoms with van der Waals surface area (Å²) >= 11 is 0. The van der Waals surface area contributed by atoms with E-state index in [-0.39, 0.29) is 11.8 Å². The Morgan fingerprint density at radius 3 is 2.50 bits per heavy atom. The van der Waals surface area contributed by atoms with E-state index < -0.39 is 0 Å². The lowest BCUT2D eigenvalue weighted by Crippen LogP contribution is -2.25. The minimum absolute atomic E-state index is 0.0342. The summed E-state index contributed by atoms with van der Waals surface area (Å²) < 4.78 is 6.71. The molecule has 7 heteroatoms. The fourth-order valence-corrected chi connectivity index (χ4v) is 3.65. The highest BCUT2D eigenvalue weighted by Gasteiger charge is 2.33. The molecule has 1 aromatic carbocycles. The van der Waals surface area contributed by atoms with Gasteiger partial charge in [0, 0.05) is 24.0 Å². The summed E-state index contributed by atoms with van der Waals surface area (Å²) in [6, 6.07) is 12.0. The predicted molar refractivity (Wildman–Crippen MR) is 106 cm³/mol. The van der Waals surface area contributed by atoms with Gasteiger partial charge in [-0.2, -0.15) is 9.78 Å². The number of ether oxygens (including phenoxy) is 1. The number of carbonyl (C=O) groups is 1. The number of aromatic nitrogens is 4. The van der Waals surface area contributed by atoms with Crippen molar-refractivity contribution in [3.8, 4) is 11.7 Å². The highest BCUT2D eigenvalue weighted by atomic mass is 16.5. The largest absolute Gasteiger partial charge is 0.480 e. The summed E-state index contributed by atoms with van der Waals surface area (Å²) in [6.07, 6.45) is 0.398. The van der Waals surface area contributed by atoms with Crippen LogP contribution in [-0.2, 0) is 4.79 Å². The van der Waals surface area contributed by atoms with Crippen LogP contribution in [0, 0.1) is 6.92 Å². The molecule has 0 unspecified atom stereocenters. The molecule has 1 amide bonds. The third kappa shape index (κ3) is 3.13. The van der Waals surface area contributed by atoms with Crippen LogP contribution >= 0.6 is 0 Å². The van der Waals surface area contributed by atoms with Crippen LogP contribution in [0.1, 0.15) is 54.5 Å². The van der Waals surface area contributed by atoms with E-state index in [4.69, 9.17) is 4.74 Å². The SMILES string of the molecule is COc1ccc(-n2nc(C)c3c2NC(=O)C[C@H]3c2ccc(C(C)C)cc2)nn1. The van der Waals surface area contributed by atoms with Crippen LogP contribution in [0.15, 0.2) is 36.4 Å². The van der Waals surface area contributed by atoms with Crippen LogP contribution in [0.3, 0.4) is 0 Å². The summed E-state index contributed by atoms with van der Waals surface area (Å²) in [5, 5.41) is 15.8. The number of methoxy groups -OCH3 is 1. The second-order valence-electron chi connectivity index (χ2n) is 7.32. The Morgan fingerprint density at radius 1 is 1.14 bits per heavy atom. The predicted octanol–water partition coefficient (Wildman–Crippen LogP) is 3.58. The lowest BCUT2D eigenvalue weighted by atomic mass is 9.85. The maximum absolute atomic E-state index is 12.5. The number of rotatable bonds is 4. The summed E-state index contributed by atoms with van der Waals surface area (Å²) in [4.78, 5) is 12.5. The first-order valence-electron chi connectivity index (χ1n) is 9.35. The second kappa shape index (κ2) is 7.07. The fourth-order valence-electron chi connectivity index (χ4n) is 3.65. The summed E-state index contributed by atoms with van der Waals surface area (Å²) in [5.41, 5.74) is 4.29. The molecule has 0 saturated heterocycles. The maximum atomic E-state index is 12.5. The van der Waals surface area contributed by atoms with E-state index in [1.807, 2.05) is 6.92 Å². The van der Waals surface area contributed by atoms with Crippen molar-refractivity contribution in [2.24, 2.45) is 0 Å². The van der Waals surface area contributed by atoms with Gasteiger partial charge in [0.25, 0.3) is 0 Å². The zero-order valence-corrected chi connectivity index (χ0v) is 16.4. The average Bonchev–Trinajstić information content (AvgIpc) is 3.03. The lowest BCUT2D eigenvalue weighted by molar-refractivity contribution is -0.116. The molecular weight excluding hydrogens is 354 g/mol. The molecular formula is C21H23N5O2. The Labute approximate surface area is 163 Å². The first-order chi connectivity index (χ1) is 13.5. The van der Waals surface area contributed by atoms with Gasteiger partial charge in [-0.3, -0.25) is 4.79 Å². The molecule has 7 nitrogen and oxygen atoms in total. The molecule has 0 spiro atoms. The maximum Gasteiger partial charge on any atom is 0.233 e. The van der Waals surface area contributed by atoms with Gasteiger partial charge < -0.3 is 10.1 Å². The number of amides is 1. The number of anilines is 1. The molecule has 0 fully saturated rings. The van der Waals surface area contributed by atoms with Crippen molar-refractivity contribution >= 4 is 11.7 Å². The molecule has 3 aromatic rings. The van der Waals surface area contributed by atoms with Crippen molar-refractivity contribution in [2.45, 2.75) is 39.0 Å². The normalized spacial score (nSPS) is 16.0. The molecule has 1 N–H and O–H groups in total. The minimum atomic E-state index is -0.0371. The summed E-state index contributed by atoms with van der Waals surface area (Å²) in [6.45, 7) is 6.30. The lowest BCUT2D eigenvalue weighted by Gasteiger charge is -2.24. The number of carbonyl (C=O) groups excluding carboxylic acids is 1. The first kappa shape index (κ1) is 18.2. The third-order valence-corrected chi connectivity index (χ3v) is 5.16. The zero-order valence-electron chi connectivity index (χ0n) is 16.4. The smallest absolute Gasteiger partial charge is 0.233 e. The summed E-state index contributed by atoms with van der Waals surface area (Å²) in [5.74, 6) is 2.01. The monoisotopic (exact) mass is 377 g/mol. The van der Waals surface area contributed by atoms with Crippen LogP contribution in [0.5, 0.6) is 5.88 Å². The van der Waals surface area contributed by atoms with Crippen LogP contribution in [0.4, 0.5) is 5.82 Å². The quantitative estimate of drug-likeness (QED) is 0.751. The highest BCUT2D eigenvalue weighted by molar-refractivity contribution is 5.95. The van der Waals surface area contributed by atoms with E-state index in [1.54, 1.807) is 23.9 Å². The van der Waals surface area contributed by atoms with Crippen molar-refractivity contribution in [3.05, 3.63) is 58.8 Å². The molecule has 1 aliphatic heterocycles. The Hall–Kier alpha value is -3.22.